The minimum Gasteiger partial charge on any atom is -0.379 e. The summed E-state index contributed by atoms with van der Waals surface area (Å²) in [6.07, 6.45) is 4.58. The summed E-state index contributed by atoms with van der Waals surface area (Å²) in [4.78, 5) is 0. The van der Waals surface area contributed by atoms with Gasteiger partial charge in [0.05, 0.1) is 18.7 Å². The van der Waals surface area contributed by atoms with Gasteiger partial charge in [0.15, 0.2) is 0 Å². The average molecular weight is 166 g/mol. The van der Waals surface area contributed by atoms with Gasteiger partial charge in [-0.25, -0.2) is 0 Å². The van der Waals surface area contributed by atoms with Gasteiger partial charge in [-0.2, -0.15) is 5.10 Å². The molecule has 3 rings (SSSR count). The third-order valence-electron chi connectivity index (χ3n) is 3.32. The molecule has 3 nitrogen and oxygen atoms in total. The number of hydrazone groups is 1. The number of rotatable bonds is 1. The van der Waals surface area contributed by atoms with Gasteiger partial charge in [-0.3, -0.25) is 5.01 Å². The maximum absolute atomic E-state index is 5.35. The molecule has 2 fully saturated rings. The highest BCUT2D eigenvalue weighted by Gasteiger charge is 2.57. The van der Waals surface area contributed by atoms with Gasteiger partial charge >= 0.3 is 0 Å². The van der Waals surface area contributed by atoms with E-state index in [2.05, 4.69) is 23.2 Å². The van der Waals surface area contributed by atoms with Crippen LogP contribution in [-0.2, 0) is 4.74 Å². The first kappa shape index (κ1) is 6.89. The van der Waals surface area contributed by atoms with Crippen molar-refractivity contribution in [3.8, 4) is 0 Å². The molecule has 0 bridgehead atoms. The molecule has 0 N–H and O–H groups in total. The molecule has 0 aromatic rings. The van der Waals surface area contributed by atoms with Crippen LogP contribution < -0.4 is 0 Å². The zero-order valence-corrected chi connectivity index (χ0v) is 7.36. The summed E-state index contributed by atoms with van der Waals surface area (Å²) < 4.78 is 5.35. The standard InChI is InChI=1S/C9H14N2O/c1-9-4-8(9)11(10-6-9)7-2-3-12-5-7/h6-8H,2-5H2,1H3. The predicted molar refractivity (Wildman–Crippen MR) is 46.1 cm³/mol. The highest BCUT2D eigenvalue weighted by atomic mass is 16.5. The molecule has 3 atom stereocenters. The maximum Gasteiger partial charge on any atom is 0.0729 e. The van der Waals surface area contributed by atoms with Crippen molar-refractivity contribution < 1.29 is 4.74 Å². The van der Waals surface area contributed by atoms with E-state index in [0.29, 0.717) is 17.5 Å². The summed E-state index contributed by atoms with van der Waals surface area (Å²) in [6.45, 7) is 4.08. The number of nitrogens with zero attached hydrogens (tertiary/aromatic N) is 2. The number of ether oxygens (including phenoxy) is 1. The first-order valence-corrected chi connectivity index (χ1v) is 4.71. The first-order chi connectivity index (χ1) is 5.80. The van der Waals surface area contributed by atoms with Crippen LogP contribution in [0.4, 0.5) is 0 Å². The van der Waals surface area contributed by atoms with E-state index in [0.717, 1.165) is 19.6 Å². The normalized spacial score (nSPS) is 49.9. The summed E-state index contributed by atoms with van der Waals surface area (Å²) in [6, 6.07) is 1.26. The van der Waals surface area contributed by atoms with Crippen LogP contribution in [0.2, 0.25) is 0 Å². The van der Waals surface area contributed by atoms with Gasteiger partial charge in [-0.15, -0.1) is 0 Å². The van der Waals surface area contributed by atoms with E-state index in [1.165, 1.54) is 6.42 Å². The zero-order chi connectivity index (χ0) is 8.18. The van der Waals surface area contributed by atoms with Gasteiger partial charge in [-0.1, -0.05) is 6.92 Å². The van der Waals surface area contributed by atoms with Crippen LogP contribution >= 0.6 is 0 Å². The number of fused-ring (bicyclic) bond motifs is 1. The minimum atomic E-state index is 0.419. The minimum absolute atomic E-state index is 0.419. The van der Waals surface area contributed by atoms with E-state index in [4.69, 9.17) is 4.74 Å². The van der Waals surface area contributed by atoms with Gasteiger partial charge in [0.1, 0.15) is 0 Å². The van der Waals surface area contributed by atoms with Gasteiger partial charge in [-0.05, 0) is 12.8 Å². The van der Waals surface area contributed by atoms with Crippen LogP contribution in [0.3, 0.4) is 0 Å². The fraction of sp³-hybridized carbons (Fsp3) is 0.889. The summed E-state index contributed by atoms with van der Waals surface area (Å²) in [7, 11) is 0. The SMILES string of the molecule is CC12C=NN(C3CCOC3)C1C2. The van der Waals surface area contributed by atoms with E-state index in [-0.39, 0.29) is 0 Å². The Morgan fingerprint density at radius 2 is 2.58 bits per heavy atom. The Bertz CT molecular complexity index is 235. The van der Waals surface area contributed by atoms with E-state index < -0.39 is 0 Å². The molecule has 3 unspecified atom stereocenters. The lowest BCUT2D eigenvalue weighted by atomic mass is 10.1. The molecule has 12 heavy (non-hydrogen) atoms. The second kappa shape index (κ2) is 2.02. The first-order valence-electron chi connectivity index (χ1n) is 4.71. The van der Waals surface area contributed by atoms with Crippen molar-refractivity contribution in [3.63, 3.8) is 0 Å². The van der Waals surface area contributed by atoms with Crippen molar-refractivity contribution >= 4 is 6.21 Å². The second-order valence-electron chi connectivity index (χ2n) is 4.37. The maximum atomic E-state index is 5.35. The monoisotopic (exact) mass is 166 g/mol. The molecular formula is C9H14N2O. The summed E-state index contributed by atoms with van der Waals surface area (Å²) in [5.74, 6) is 0. The lowest BCUT2D eigenvalue weighted by Gasteiger charge is -2.22. The molecule has 1 aliphatic carbocycles. The molecule has 3 heteroatoms. The zero-order valence-electron chi connectivity index (χ0n) is 7.36. The lowest BCUT2D eigenvalue weighted by molar-refractivity contribution is 0.143. The Morgan fingerprint density at radius 1 is 1.67 bits per heavy atom. The lowest BCUT2D eigenvalue weighted by Crippen LogP contribution is -2.32. The van der Waals surface area contributed by atoms with Gasteiger partial charge < -0.3 is 4.74 Å². The third-order valence-corrected chi connectivity index (χ3v) is 3.32. The molecule has 66 valence electrons. The smallest absolute Gasteiger partial charge is 0.0729 e. The van der Waals surface area contributed by atoms with Crippen molar-refractivity contribution in [2.45, 2.75) is 31.8 Å². The van der Waals surface area contributed by atoms with E-state index in [1.807, 2.05) is 0 Å². The van der Waals surface area contributed by atoms with E-state index in [1.54, 1.807) is 0 Å². The van der Waals surface area contributed by atoms with Crippen molar-refractivity contribution in [2.24, 2.45) is 10.5 Å². The molecule has 3 aliphatic rings. The Hall–Kier alpha value is -0.570. The van der Waals surface area contributed by atoms with E-state index >= 15 is 0 Å². The van der Waals surface area contributed by atoms with Crippen molar-refractivity contribution in [1.82, 2.24) is 5.01 Å². The Balaban J connectivity index is 1.75. The van der Waals surface area contributed by atoms with Crippen LogP contribution in [0.25, 0.3) is 0 Å². The molecule has 0 spiro atoms. The fourth-order valence-corrected chi connectivity index (χ4v) is 2.25. The molecule has 1 saturated heterocycles. The van der Waals surface area contributed by atoms with Gasteiger partial charge in [0, 0.05) is 18.2 Å². The quantitative estimate of drug-likeness (QED) is 0.577. The Labute approximate surface area is 72.4 Å². The average Bonchev–Trinajstić information content (AvgIpc) is 2.55. The molecule has 1 saturated carbocycles. The van der Waals surface area contributed by atoms with Crippen molar-refractivity contribution in [1.29, 1.82) is 0 Å². The van der Waals surface area contributed by atoms with Crippen LogP contribution in [0.5, 0.6) is 0 Å². The van der Waals surface area contributed by atoms with Crippen molar-refractivity contribution in [3.05, 3.63) is 0 Å². The molecule has 0 aromatic heterocycles. The number of hydrogen-bond donors (Lipinski definition) is 0. The van der Waals surface area contributed by atoms with Gasteiger partial charge in [0.2, 0.25) is 0 Å². The van der Waals surface area contributed by atoms with Crippen molar-refractivity contribution in [2.75, 3.05) is 13.2 Å². The molecule has 2 aliphatic heterocycles. The predicted octanol–water partition coefficient (Wildman–Crippen LogP) is 0.855. The van der Waals surface area contributed by atoms with Crippen LogP contribution in [0.1, 0.15) is 19.8 Å². The summed E-state index contributed by atoms with van der Waals surface area (Å²) in [5.41, 5.74) is 0.419. The summed E-state index contributed by atoms with van der Waals surface area (Å²) >= 11 is 0. The third kappa shape index (κ3) is 0.774. The molecule has 0 amide bonds. The topological polar surface area (TPSA) is 24.8 Å². The largest absolute Gasteiger partial charge is 0.379 e. The van der Waals surface area contributed by atoms with Crippen LogP contribution in [0, 0.1) is 5.41 Å². The highest BCUT2D eigenvalue weighted by Crippen LogP contribution is 2.52. The molecule has 0 radical (unpaired) electrons. The van der Waals surface area contributed by atoms with Crippen LogP contribution in [0.15, 0.2) is 5.10 Å². The fourth-order valence-electron chi connectivity index (χ4n) is 2.25. The second-order valence-corrected chi connectivity index (χ2v) is 4.37. The van der Waals surface area contributed by atoms with Crippen LogP contribution in [-0.4, -0.2) is 36.5 Å². The molecule has 2 heterocycles. The molecule has 0 aromatic carbocycles. The highest BCUT2D eigenvalue weighted by molar-refractivity contribution is 5.73. The van der Waals surface area contributed by atoms with E-state index in [9.17, 15) is 0 Å². The van der Waals surface area contributed by atoms with Gasteiger partial charge in [0.25, 0.3) is 0 Å². The Kier molecular flexibility index (Phi) is 1.16. The number of hydrogen-bond acceptors (Lipinski definition) is 3. The summed E-state index contributed by atoms with van der Waals surface area (Å²) in [5, 5.41) is 6.72. The Morgan fingerprint density at radius 3 is 3.08 bits per heavy atom. The molecular weight excluding hydrogens is 152 g/mol.